The first-order valence-electron chi connectivity index (χ1n) is 9.29. The number of carboxylic acid groups (broad SMARTS) is 1. The standard InChI is InChI=1S/C16H22N2O6/c1-17-6-3-5-10(17)9-4-2-7-18(8-9)15-13(21)11(19)12(20)14(24-15)16(22)23/h2,4,7-8,10-15,19-21H,3,5-6H2,1H3/t10-,11-,12-,13+,14-,15+/m0/s1/i1D3. The number of aliphatic hydroxyl groups excluding tert-OH is 3. The number of likely N-dealkylation sites (tertiary alicyclic amines) is 1. The van der Waals surface area contributed by atoms with E-state index in [2.05, 4.69) is 0 Å². The van der Waals surface area contributed by atoms with E-state index in [1.165, 1.54) is 15.7 Å². The number of carbonyl (C=O) groups excluding carboxylic acids is 1. The fourth-order valence-electron chi connectivity index (χ4n) is 3.28. The van der Waals surface area contributed by atoms with E-state index in [4.69, 9.17) is 8.85 Å². The quantitative estimate of drug-likeness (QED) is 0.519. The van der Waals surface area contributed by atoms with Gasteiger partial charge in [-0.25, -0.2) is 0 Å². The number of hydrogen-bond donors (Lipinski definition) is 3. The summed E-state index contributed by atoms with van der Waals surface area (Å²) >= 11 is 0. The molecule has 2 saturated heterocycles. The molecule has 3 N–H and O–H groups in total. The number of aliphatic hydroxyl groups is 3. The highest BCUT2D eigenvalue weighted by Crippen LogP contribution is 2.30. The number of nitrogens with zero attached hydrogens (tertiary/aromatic N) is 2. The van der Waals surface area contributed by atoms with Gasteiger partial charge in [0.1, 0.15) is 18.3 Å². The van der Waals surface area contributed by atoms with Crippen LogP contribution >= 0.6 is 0 Å². The van der Waals surface area contributed by atoms with Crippen LogP contribution in [0.15, 0.2) is 24.5 Å². The van der Waals surface area contributed by atoms with E-state index in [-0.39, 0.29) is 6.04 Å². The fourth-order valence-corrected chi connectivity index (χ4v) is 3.28. The molecule has 0 amide bonds. The summed E-state index contributed by atoms with van der Waals surface area (Å²) in [5, 5.41) is 41.1. The maximum atomic E-state index is 11.2. The summed E-state index contributed by atoms with van der Waals surface area (Å²) in [6.07, 6.45) is -3.83. The molecule has 0 bridgehead atoms. The molecule has 1 aromatic rings. The third-order valence-corrected chi connectivity index (χ3v) is 4.60. The predicted molar refractivity (Wildman–Crippen MR) is 78.2 cm³/mol. The minimum absolute atomic E-state index is 0.363. The predicted octanol–water partition coefficient (Wildman–Crippen LogP) is -2.53. The average molecular weight is 341 g/mol. The normalized spacial score (nSPS) is 39.9. The van der Waals surface area contributed by atoms with Gasteiger partial charge in [-0.3, -0.25) is 4.90 Å². The number of hydrogen-bond acceptors (Lipinski definition) is 7. The Labute approximate surface area is 143 Å². The Bertz CT molecular complexity index is 703. The van der Waals surface area contributed by atoms with Gasteiger partial charge in [0.2, 0.25) is 0 Å². The number of pyridine rings is 1. The SMILES string of the molecule is [2H]C([2H])([2H])N1CCC[C@H]1c1ccc[n+]([C@@H]2O[C@H](C(=O)[O-])[C@@H](O)[C@H](O)[C@H]2O)c1. The lowest BCUT2D eigenvalue weighted by Gasteiger charge is -2.37. The van der Waals surface area contributed by atoms with Gasteiger partial charge in [0.15, 0.2) is 18.5 Å². The van der Waals surface area contributed by atoms with Crippen LogP contribution in [0.2, 0.25) is 0 Å². The number of aliphatic carboxylic acids is 1. The fraction of sp³-hybridized carbons (Fsp3) is 0.625. The van der Waals surface area contributed by atoms with E-state index < -0.39 is 43.6 Å². The molecular weight excluding hydrogens is 316 g/mol. The van der Waals surface area contributed by atoms with Gasteiger partial charge in [-0.1, -0.05) is 0 Å². The van der Waals surface area contributed by atoms with Crippen molar-refractivity contribution in [2.24, 2.45) is 0 Å². The van der Waals surface area contributed by atoms with Crippen molar-refractivity contribution in [1.29, 1.82) is 0 Å². The van der Waals surface area contributed by atoms with Crippen LogP contribution in [-0.4, -0.2) is 64.1 Å². The van der Waals surface area contributed by atoms with Crippen molar-refractivity contribution < 1.29 is 38.6 Å². The molecule has 6 atom stereocenters. The highest BCUT2D eigenvalue weighted by Gasteiger charge is 2.48. The highest BCUT2D eigenvalue weighted by atomic mass is 16.6. The molecule has 0 aromatic carbocycles. The van der Waals surface area contributed by atoms with Gasteiger partial charge in [0, 0.05) is 21.8 Å². The first kappa shape index (κ1) is 13.7. The number of ether oxygens (including phenoxy) is 1. The van der Waals surface area contributed by atoms with Crippen LogP contribution in [0.1, 0.15) is 34.8 Å². The van der Waals surface area contributed by atoms with Crippen molar-refractivity contribution >= 4 is 5.97 Å². The zero-order chi connectivity index (χ0) is 19.9. The Kier molecular flexibility index (Phi) is 3.84. The first-order valence-corrected chi connectivity index (χ1v) is 7.79. The Morgan fingerprint density at radius 2 is 2.21 bits per heavy atom. The molecule has 8 heteroatoms. The molecule has 2 aliphatic rings. The van der Waals surface area contributed by atoms with Gasteiger partial charge in [-0.05, 0) is 32.4 Å². The van der Waals surface area contributed by atoms with E-state index in [1.54, 1.807) is 18.3 Å². The lowest BCUT2D eigenvalue weighted by molar-refractivity contribution is -0.777. The van der Waals surface area contributed by atoms with Crippen LogP contribution in [0.5, 0.6) is 0 Å². The molecule has 0 aliphatic carbocycles. The minimum Gasteiger partial charge on any atom is -0.547 e. The van der Waals surface area contributed by atoms with Crippen LogP contribution < -0.4 is 9.67 Å². The van der Waals surface area contributed by atoms with Crippen LogP contribution in [0.3, 0.4) is 0 Å². The summed E-state index contributed by atoms with van der Waals surface area (Å²) in [4.78, 5) is 12.6. The average Bonchev–Trinajstić information content (AvgIpc) is 3.10. The first-order chi connectivity index (χ1) is 12.6. The summed E-state index contributed by atoms with van der Waals surface area (Å²) in [5.74, 6) is -1.71. The molecule has 0 spiro atoms. The summed E-state index contributed by atoms with van der Waals surface area (Å²) in [6, 6.07) is 2.99. The van der Waals surface area contributed by atoms with E-state index in [0.717, 1.165) is 6.42 Å². The maximum Gasteiger partial charge on any atom is 0.292 e. The maximum absolute atomic E-state index is 11.2. The second-order valence-corrected chi connectivity index (χ2v) is 6.17. The third-order valence-electron chi connectivity index (χ3n) is 4.60. The van der Waals surface area contributed by atoms with Crippen LogP contribution in [0.25, 0.3) is 0 Å². The summed E-state index contributed by atoms with van der Waals surface area (Å²) < 4.78 is 29.6. The summed E-state index contributed by atoms with van der Waals surface area (Å²) in [6.45, 7) is -1.82. The Balaban J connectivity index is 1.90. The van der Waals surface area contributed by atoms with Gasteiger partial charge in [0.05, 0.1) is 5.97 Å². The van der Waals surface area contributed by atoms with Crippen molar-refractivity contribution in [3.63, 3.8) is 0 Å². The lowest BCUT2D eigenvalue weighted by Crippen LogP contribution is -2.65. The molecule has 3 rings (SSSR count). The van der Waals surface area contributed by atoms with Crippen molar-refractivity contribution in [3.8, 4) is 0 Å². The number of rotatable bonds is 3. The third kappa shape index (κ3) is 3.03. The molecule has 2 fully saturated rings. The smallest absolute Gasteiger partial charge is 0.292 e. The van der Waals surface area contributed by atoms with Crippen LogP contribution in [0, 0.1) is 0 Å². The van der Waals surface area contributed by atoms with Crippen molar-refractivity contribution in [3.05, 3.63) is 30.1 Å². The number of aromatic nitrogens is 1. The molecule has 24 heavy (non-hydrogen) atoms. The zero-order valence-electron chi connectivity index (χ0n) is 15.9. The number of carboxylic acids is 1. The monoisotopic (exact) mass is 341 g/mol. The molecular formula is C16H22N2O6. The molecule has 132 valence electrons. The second kappa shape index (κ2) is 6.73. The van der Waals surface area contributed by atoms with Crippen LogP contribution in [-0.2, 0) is 9.53 Å². The summed E-state index contributed by atoms with van der Waals surface area (Å²) in [5.41, 5.74) is 0.660. The molecule has 2 aliphatic heterocycles. The molecule has 8 nitrogen and oxygen atoms in total. The van der Waals surface area contributed by atoms with Gasteiger partial charge in [-0.15, -0.1) is 0 Å². The van der Waals surface area contributed by atoms with E-state index in [0.29, 0.717) is 18.5 Å². The van der Waals surface area contributed by atoms with Crippen LogP contribution in [0.4, 0.5) is 0 Å². The topological polar surface area (TPSA) is 117 Å². The number of carbonyl (C=O) groups is 1. The molecule has 1 aromatic heterocycles. The second-order valence-electron chi connectivity index (χ2n) is 6.17. The molecule has 0 saturated carbocycles. The van der Waals surface area contributed by atoms with E-state index in [9.17, 15) is 25.2 Å². The molecule has 0 unspecified atom stereocenters. The van der Waals surface area contributed by atoms with Gasteiger partial charge >= 0.3 is 0 Å². The highest BCUT2D eigenvalue weighted by molar-refractivity contribution is 5.71. The van der Waals surface area contributed by atoms with Gasteiger partial charge < -0.3 is 30.0 Å². The summed E-state index contributed by atoms with van der Waals surface area (Å²) in [7, 11) is 0. The largest absolute Gasteiger partial charge is 0.547 e. The van der Waals surface area contributed by atoms with E-state index >= 15 is 0 Å². The van der Waals surface area contributed by atoms with Crippen molar-refractivity contribution in [2.75, 3.05) is 13.5 Å². The van der Waals surface area contributed by atoms with Gasteiger partial charge in [0.25, 0.3) is 6.23 Å². The minimum atomic E-state index is -2.25. The zero-order valence-corrected chi connectivity index (χ0v) is 12.9. The molecule has 3 heterocycles. The van der Waals surface area contributed by atoms with Crippen molar-refractivity contribution in [2.45, 2.75) is 49.5 Å². The Morgan fingerprint density at radius 3 is 2.92 bits per heavy atom. The van der Waals surface area contributed by atoms with E-state index in [1.807, 2.05) is 0 Å². The van der Waals surface area contributed by atoms with Gasteiger partial charge in [-0.2, -0.15) is 4.57 Å². The lowest BCUT2D eigenvalue weighted by atomic mass is 9.97. The van der Waals surface area contributed by atoms with Crippen molar-refractivity contribution in [1.82, 2.24) is 4.90 Å². The molecule has 0 radical (unpaired) electrons. The Morgan fingerprint density at radius 1 is 1.42 bits per heavy atom. The Hall–Kier alpha value is -1.58.